The van der Waals surface area contributed by atoms with Gasteiger partial charge < -0.3 is 14.2 Å². The van der Waals surface area contributed by atoms with Crippen molar-refractivity contribution in [2.45, 2.75) is 18.5 Å². The van der Waals surface area contributed by atoms with Crippen molar-refractivity contribution >= 4 is 29.5 Å². The SMILES string of the molecule is COC(=O)Cc1cc(=O)[nH]c(SCC(=O)Nc2cc(-c3ccc(C)cc3)no2)n1. The first-order valence-electron chi connectivity index (χ1n) is 8.56. The van der Waals surface area contributed by atoms with Crippen molar-refractivity contribution in [3.05, 3.63) is 58.0 Å². The van der Waals surface area contributed by atoms with Crippen LogP contribution in [0.4, 0.5) is 5.88 Å². The van der Waals surface area contributed by atoms with Crippen LogP contribution in [0.25, 0.3) is 11.3 Å². The van der Waals surface area contributed by atoms with Gasteiger partial charge in [0, 0.05) is 17.7 Å². The number of thioether (sulfide) groups is 1. The smallest absolute Gasteiger partial charge is 0.311 e. The molecule has 1 amide bonds. The minimum atomic E-state index is -0.508. The zero-order valence-corrected chi connectivity index (χ0v) is 16.5. The van der Waals surface area contributed by atoms with Gasteiger partial charge in [-0.15, -0.1) is 0 Å². The maximum absolute atomic E-state index is 12.2. The van der Waals surface area contributed by atoms with Crippen LogP contribution in [0.5, 0.6) is 0 Å². The van der Waals surface area contributed by atoms with Crippen LogP contribution in [-0.4, -0.2) is 39.9 Å². The molecule has 0 bridgehead atoms. The van der Waals surface area contributed by atoms with Crippen molar-refractivity contribution < 1.29 is 18.8 Å². The lowest BCUT2D eigenvalue weighted by Crippen LogP contribution is -2.16. The van der Waals surface area contributed by atoms with Gasteiger partial charge in [-0.1, -0.05) is 46.7 Å². The number of aryl methyl sites for hydroxylation is 1. The van der Waals surface area contributed by atoms with Crippen molar-refractivity contribution in [1.29, 1.82) is 0 Å². The fourth-order valence-corrected chi connectivity index (χ4v) is 3.06. The number of esters is 1. The molecule has 1 aromatic carbocycles. The molecule has 0 aliphatic carbocycles. The lowest BCUT2D eigenvalue weighted by Gasteiger charge is -2.03. The molecular weight excluding hydrogens is 396 g/mol. The summed E-state index contributed by atoms with van der Waals surface area (Å²) < 4.78 is 9.71. The average molecular weight is 414 g/mol. The first kappa shape index (κ1) is 20.3. The van der Waals surface area contributed by atoms with E-state index in [0.29, 0.717) is 5.69 Å². The highest BCUT2D eigenvalue weighted by Crippen LogP contribution is 2.22. The molecule has 150 valence electrons. The fourth-order valence-electron chi connectivity index (χ4n) is 2.36. The van der Waals surface area contributed by atoms with Gasteiger partial charge in [0.15, 0.2) is 5.16 Å². The number of aromatic nitrogens is 3. The monoisotopic (exact) mass is 414 g/mol. The van der Waals surface area contributed by atoms with E-state index in [0.717, 1.165) is 22.9 Å². The summed E-state index contributed by atoms with van der Waals surface area (Å²) >= 11 is 1.02. The predicted molar refractivity (Wildman–Crippen MR) is 107 cm³/mol. The van der Waals surface area contributed by atoms with Gasteiger partial charge in [0.2, 0.25) is 11.8 Å². The molecular formula is C19H18N4O5S. The van der Waals surface area contributed by atoms with E-state index in [4.69, 9.17) is 4.52 Å². The number of anilines is 1. The van der Waals surface area contributed by atoms with Crippen LogP contribution in [0.2, 0.25) is 0 Å². The minimum absolute atomic E-state index is 0.0226. The van der Waals surface area contributed by atoms with E-state index in [1.807, 2.05) is 31.2 Å². The van der Waals surface area contributed by atoms with E-state index in [-0.39, 0.29) is 34.8 Å². The summed E-state index contributed by atoms with van der Waals surface area (Å²) in [6.45, 7) is 1.99. The van der Waals surface area contributed by atoms with Crippen molar-refractivity contribution in [3.8, 4) is 11.3 Å². The molecule has 0 saturated carbocycles. The van der Waals surface area contributed by atoms with Crippen LogP contribution >= 0.6 is 11.8 Å². The summed E-state index contributed by atoms with van der Waals surface area (Å²) in [5, 5.41) is 6.77. The molecule has 0 radical (unpaired) electrons. The normalized spacial score (nSPS) is 10.6. The molecule has 0 unspecified atom stereocenters. The largest absolute Gasteiger partial charge is 0.469 e. The van der Waals surface area contributed by atoms with Gasteiger partial charge >= 0.3 is 5.97 Å². The van der Waals surface area contributed by atoms with Gasteiger partial charge in [0.25, 0.3) is 5.56 Å². The summed E-state index contributed by atoms with van der Waals surface area (Å²) in [7, 11) is 1.25. The van der Waals surface area contributed by atoms with Crippen LogP contribution in [0.15, 0.2) is 50.9 Å². The fraction of sp³-hybridized carbons (Fsp3) is 0.211. The highest BCUT2D eigenvalue weighted by Gasteiger charge is 2.12. The standard InChI is InChI=1S/C19H18N4O5S/c1-11-3-5-12(6-4-11)14-9-17(28-23-14)21-16(25)10-29-19-20-13(7-15(24)22-19)8-18(26)27-2/h3-7,9H,8,10H2,1-2H3,(H,21,25)(H,20,22,24). The topological polar surface area (TPSA) is 127 Å². The van der Waals surface area contributed by atoms with E-state index >= 15 is 0 Å². The number of amides is 1. The number of benzene rings is 1. The van der Waals surface area contributed by atoms with Gasteiger partial charge in [-0.05, 0) is 6.92 Å². The van der Waals surface area contributed by atoms with E-state index in [2.05, 4.69) is 25.2 Å². The Morgan fingerprint density at radius 3 is 2.72 bits per heavy atom. The second kappa shape index (κ2) is 9.20. The number of hydrogen-bond acceptors (Lipinski definition) is 8. The molecule has 0 fully saturated rings. The number of methoxy groups -OCH3 is 1. The van der Waals surface area contributed by atoms with Crippen LogP contribution in [0.1, 0.15) is 11.3 Å². The zero-order valence-electron chi connectivity index (χ0n) is 15.7. The van der Waals surface area contributed by atoms with E-state index < -0.39 is 11.5 Å². The van der Waals surface area contributed by atoms with Crippen molar-refractivity contribution in [1.82, 2.24) is 15.1 Å². The molecule has 0 spiro atoms. The molecule has 0 aliphatic heterocycles. The number of aromatic amines is 1. The Hall–Kier alpha value is -3.40. The molecule has 2 N–H and O–H groups in total. The molecule has 29 heavy (non-hydrogen) atoms. The number of H-pyrrole nitrogens is 1. The highest BCUT2D eigenvalue weighted by molar-refractivity contribution is 7.99. The third-order valence-corrected chi connectivity index (χ3v) is 4.66. The lowest BCUT2D eigenvalue weighted by atomic mass is 10.1. The third-order valence-electron chi connectivity index (χ3n) is 3.79. The Morgan fingerprint density at radius 1 is 1.24 bits per heavy atom. The Morgan fingerprint density at radius 2 is 2.00 bits per heavy atom. The molecule has 3 aromatic rings. The van der Waals surface area contributed by atoms with Gasteiger partial charge in [-0.3, -0.25) is 19.7 Å². The molecule has 0 atom stereocenters. The Balaban J connectivity index is 1.58. The van der Waals surface area contributed by atoms with E-state index in [1.165, 1.54) is 13.2 Å². The summed E-state index contributed by atoms with van der Waals surface area (Å²) in [5.41, 5.74) is 2.46. The van der Waals surface area contributed by atoms with Gasteiger partial charge in [-0.2, -0.15) is 0 Å². The van der Waals surface area contributed by atoms with Crippen LogP contribution in [0, 0.1) is 6.92 Å². The summed E-state index contributed by atoms with van der Waals surface area (Å²) in [4.78, 5) is 41.8. The minimum Gasteiger partial charge on any atom is -0.469 e. The number of nitrogens with zero attached hydrogens (tertiary/aromatic N) is 2. The molecule has 2 aromatic heterocycles. The Labute approximate surface area is 169 Å². The Kier molecular flexibility index (Phi) is 6.45. The first-order chi connectivity index (χ1) is 13.9. The number of rotatable bonds is 7. The number of hydrogen-bond donors (Lipinski definition) is 2. The average Bonchev–Trinajstić information content (AvgIpc) is 3.15. The van der Waals surface area contributed by atoms with Gasteiger partial charge in [-0.25, -0.2) is 4.98 Å². The zero-order chi connectivity index (χ0) is 20.8. The van der Waals surface area contributed by atoms with Crippen molar-refractivity contribution in [2.75, 3.05) is 18.2 Å². The molecule has 3 rings (SSSR count). The van der Waals surface area contributed by atoms with Crippen LogP contribution in [-0.2, 0) is 20.7 Å². The van der Waals surface area contributed by atoms with E-state index in [1.54, 1.807) is 6.07 Å². The second-order valence-electron chi connectivity index (χ2n) is 6.07. The van der Waals surface area contributed by atoms with Gasteiger partial charge in [0.1, 0.15) is 5.69 Å². The van der Waals surface area contributed by atoms with Crippen molar-refractivity contribution in [2.24, 2.45) is 0 Å². The predicted octanol–water partition coefficient (Wildman–Crippen LogP) is 2.18. The highest BCUT2D eigenvalue weighted by atomic mass is 32.2. The summed E-state index contributed by atoms with van der Waals surface area (Å²) in [6.07, 6.45) is -0.125. The molecule has 10 heteroatoms. The van der Waals surface area contributed by atoms with E-state index in [9.17, 15) is 14.4 Å². The van der Waals surface area contributed by atoms with Crippen molar-refractivity contribution in [3.63, 3.8) is 0 Å². The number of nitrogens with one attached hydrogen (secondary N) is 2. The Bertz CT molecular complexity index is 1070. The second-order valence-corrected chi connectivity index (χ2v) is 7.04. The first-order valence-corrected chi connectivity index (χ1v) is 9.55. The molecule has 2 heterocycles. The molecule has 9 nitrogen and oxygen atoms in total. The lowest BCUT2D eigenvalue weighted by molar-refractivity contribution is -0.139. The summed E-state index contributed by atoms with van der Waals surface area (Å²) in [6, 6.07) is 10.6. The quantitative estimate of drug-likeness (QED) is 0.342. The van der Waals surface area contributed by atoms with Crippen LogP contribution in [0.3, 0.4) is 0 Å². The maximum atomic E-state index is 12.2. The number of carbonyl (C=O) groups excluding carboxylic acids is 2. The summed E-state index contributed by atoms with van der Waals surface area (Å²) in [5.74, 6) is -0.674. The third kappa shape index (κ3) is 5.79. The van der Waals surface area contributed by atoms with Gasteiger partial charge in [0.05, 0.1) is 25.0 Å². The number of carbonyl (C=O) groups is 2. The maximum Gasteiger partial charge on any atom is 0.311 e. The number of ether oxygens (including phenoxy) is 1. The molecule has 0 aliphatic rings. The molecule has 0 saturated heterocycles. The van der Waals surface area contributed by atoms with Crippen LogP contribution < -0.4 is 10.9 Å².